The van der Waals surface area contributed by atoms with Crippen molar-refractivity contribution in [3.8, 4) is 0 Å². The van der Waals surface area contributed by atoms with Crippen LogP contribution >= 0.6 is 27.7 Å². The standard InChI is InChI=1S/C22H24BrN3O2S/c1-12(2)9-10-29-22-25-20-19(21(28)26-22)17(13-5-3-6-14(23)11-13)18-15(24-20)7-4-8-16(18)27/h3,5-6,11-12,17H,4,7-10H2,1-2H3,(H2,24,25,26,28). The van der Waals surface area contributed by atoms with Crippen molar-refractivity contribution < 1.29 is 4.79 Å². The van der Waals surface area contributed by atoms with E-state index in [9.17, 15) is 9.59 Å². The summed E-state index contributed by atoms with van der Waals surface area (Å²) in [7, 11) is 0. The Bertz CT molecular complexity index is 1040. The molecule has 2 aliphatic rings. The van der Waals surface area contributed by atoms with Crippen molar-refractivity contribution in [2.45, 2.75) is 50.6 Å². The Morgan fingerprint density at radius 1 is 1.28 bits per heavy atom. The number of anilines is 1. The molecule has 0 saturated carbocycles. The third kappa shape index (κ3) is 4.21. The van der Waals surface area contributed by atoms with E-state index in [-0.39, 0.29) is 11.3 Å². The molecule has 1 aliphatic carbocycles. The van der Waals surface area contributed by atoms with Crippen LogP contribution in [-0.2, 0) is 4.79 Å². The van der Waals surface area contributed by atoms with Gasteiger partial charge in [-0.15, -0.1) is 0 Å². The highest BCUT2D eigenvalue weighted by Gasteiger charge is 2.37. The molecule has 5 nitrogen and oxygen atoms in total. The van der Waals surface area contributed by atoms with E-state index in [2.05, 4.69) is 40.1 Å². The Kier molecular flexibility index (Phi) is 5.97. The highest BCUT2D eigenvalue weighted by atomic mass is 79.9. The molecule has 0 fully saturated rings. The molecule has 1 aromatic carbocycles. The Morgan fingerprint density at radius 2 is 2.10 bits per heavy atom. The number of ketones is 1. The molecule has 4 rings (SSSR count). The molecular formula is C22H24BrN3O2S. The lowest BCUT2D eigenvalue weighted by atomic mass is 9.76. The smallest absolute Gasteiger partial charge is 0.257 e. The Labute approximate surface area is 182 Å². The van der Waals surface area contributed by atoms with Gasteiger partial charge < -0.3 is 10.3 Å². The summed E-state index contributed by atoms with van der Waals surface area (Å²) in [6.45, 7) is 4.36. The van der Waals surface area contributed by atoms with Crippen LogP contribution < -0.4 is 10.9 Å². The molecule has 0 bridgehead atoms. The van der Waals surface area contributed by atoms with Gasteiger partial charge in [0.15, 0.2) is 10.9 Å². The predicted octanol–water partition coefficient (Wildman–Crippen LogP) is 5.24. The number of fused-ring (bicyclic) bond motifs is 1. The summed E-state index contributed by atoms with van der Waals surface area (Å²) in [5.74, 6) is 1.81. The molecule has 2 N–H and O–H groups in total. The van der Waals surface area contributed by atoms with Gasteiger partial charge in [-0.1, -0.05) is 53.7 Å². The second-order valence-electron chi connectivity index (χ2n) is 7.95. The van der Waals surface area contributed by atoms with Crippen molar-refractivity contribution in [1.29, 1.82) is 0 Å². The molecule has 0 saturated heterocycles. The van der Waals surface area contributed by atoms with Crippen LogP contribution in [0.25, 0.3) is 0 Å². The van der Waals surface area contributed by atoms with Crippen LogP contribution in [0.5, 0.6) is 0 Å². The lowest BCUT2D eigenvalue weighted by molar-refractivity contribution is -0.116. The second kappa shape index (κ2) is 8.48. The van der Waals surface area contributed by atoms with E-state index in [4.69, 9.17) is 4.98 Å². The highest BCUT2D eigenvalue weighted by Crippen LogP contribution is 2.43. The molecule has 1 aliphatic heterocycles. The number of Topliss-reactive ketones (excluding diaryl/α,β-unsaturated/α-hetero) is 1. The summed E-state index contributed by atoms with van der Waals surface area (Å²) in [6, 6.07) is 7.84. The normalized spacial score (nSPS) is 18.5. The van der Waals surface area contributed by atoms with E-state index in [1.807, 2.05) is 24.3 Å². The summed E-state index contributed by atoms with van der Waals surface area (Å²) in [5.41, 5.74) is 2.91. The number of aromatic nitrogens is 2. The van der Waals surface area contributed by atoms with Gasteiger partial charge >= 0.3 is 0 Å². The molecule has 1 aromatic heterocycles. The third-order valence-corrected chi connectivity index (χ3v) is 6.75. The summed E-state index contributed by atoms with van der Waals surface area (Å²) in [4.78, 5) is 33.6. The number of nitrogens with zero attached hydrogens (tertiary/aromatic N) is 1. The number of benzene rings is 1. The number of hydrogen-bond acceptors (Lipinski definition) is 5. The average molecular weight is 474 g/mol. The zero-order chi connectivity index (χ0) is 20.5. The van der Waals surface area contributed by atoms with Crippen LogP contribution in [0, 0.1) is 5.92 Å². The van der Waals surface area contributed by atoms with Crippen molar-refractivity contribution in [1.82, 2.24) is 9.97 Å². The van der Waals surface area contributed by atoms with Gasteiger partial charge in [0.05, 0.1) is 5.56 Å². The van der Waals surface area contributed by atoms with Crippen LogP contribution in [0.1, 0.15) is 56.6 Å². The van der Waals surface area contributed by atoms with Crippen molar-refractivity contribution in [2.75, 3.05) is 11.1 Å². The summed E-state index contributed by atoms with van der Waals surface area (Å²) in [5, 5.41) is 3.95. The number of H-pyrrole nitrogens is 1. The molecule has 2 heterocycles. The first-order valence-corrected chi connectivity index (χ1v) is 11.8. The Balaban J connectivity index is 1.81. The monoisotopic (exact) mass is 473 g/mol. The van der Waals surface area contributed by atoms with Gasteiger partial charge in [0.25, 0.3) is 5.56 Å². The number of thioether (sulfide) groups is 1. The third-order valence-electron chi connectivity index (χ3n) is 5.35. The zero-order valence-corrected chi connectivity index (χ0v) is 19.0. The quantitative estimate of drug-likeness (QED) is 0.458. The van der Waals surface area contributed by atoms with Gasteiger partial charge in [-0.25, -0.2) is 4.98 Å². The van der Waals surface area contributed by atoms with Crippen LogP contribution in [0.4, 0.5) is 5.82 Å². The number of hydrogen-bond donors (Lipinski definition) is 2. The first kappa shape index (κ1) is 20.4. The minimum Gasteiger partial charge on any atom is -0.343 e. The number of allylic oxidation sites excluding steroid dienone is 2. The van der Waals surface area contributed by atoms with E-state index in [1.165, 1.54) is 0 Å². The lowest BCUT2D eigenvalue weighted by Gasteiger charge is -2.32. The lowest BCUT2D eigenvalue weighted by Crippen LogP contribution is -2.32. The minimum absolute atomic E-state index is 0.115. The number of carbonyl (C=O) groups is 1. The average Bonchev–Trinajstić information content (AvgIpc) is 2.66. The first-order valence-electron chi connectivity index (χ1n) is 9.99. The molecule has 0 spiro atoms. The molecule has 7 heteroatoms. The summed E-state index contributed by atoms with van der Waals surface area (Å²) in [6.07, 6.45) is 3.21. The van der Waals surface area contributed by atoms with E-state index in [1.54, 1.807) is 11.8 Å². The van der Waals surface area contributed by atoms with Gasteiger partial charge in [0.2, 0.25) is 0 Å². The Morgan fingerprint density at radius 3 is 2.86 bits per heavy atom. The number of nitrogens with one attached hydrogen (secondary N) is 2. The molecule has 152 valence electrons. The van der Waals surface area contributed by atoms with Crippen LogP contribution in [0.15, 0.2) is 50.0 Å². The maximum atomic E-state index is 13.1. The molecule has 1 unspecified atom stereocenters. The maximum Gasteiger partial charge on any atom is 0.257 e. The highest BCUT2D eigenvalue weighted by molar-refractivity contribution is 9.10. The largest absolute Gasteiger partial charge is 0.343 e. The van der Waals surface area contributed by atoms with E-state index < -0.39 is 5.92 Å². The van der Waals surface area contributed by atoms with Crippen molar-refractivity contribution in [2.24, 2.45) is 5.92 Å². The topological polar surface area (TPSA) is 74.8 Å². The molecular weight excluding hydrogens is 450 g/mol. The van der Waals surface area contributed by atoms with Gasteiger partial charge in [-0.2, -0.15) is 0 Å². The number of aromatic amines is 1. The van der Waals surface area contributed by atoms with Gasteiger partial charge in [0.1, 0.15) is 5.82 Å². The van der Waals surface area contributed by atoms with Crippen molar-refractivity contribution in [3.05, 3.63) is 61.5 Å². The van der Waals surface area contributed by atoms with Crippen molar-refractivity contribution in [3.63, 3.8) is 0 Å². The zero-order valence-electron chi connectivity index (χ0n) is 16.5. The maximum absolute atomic E-state index is 13.1. The van der Waals surface area contributed by atoms with Crippen LogP contribution in [0.2, 0.25) is 0 Å². The fraction of sp³-hybridized carbons (Fsp3) is 0.409. The molecule has 29 heavy (non-hydrogen) atoms. The van der Waals surface area contributed by atoms with Crippen molar-refractivity contribution >= 4 is 39.3 Å². The Hall–Kier alpha value is -1.86. The molecule has 0 amide bonds. The molecule has 0 radical (unpaired) electrons. The fourth-order valence-corrected chi connectivity index (χ4v) is 5.44. The number of halogens is 1. The van der Waals surface area contributed by atoms with E-state index in [0.29, 0.717) is 28.9 Å². The second-order valence-corrected chi connectivity index (χ2v) is 9.95. The van der Waals surface area contributed by atoms with Gasteiger partial charge in [0, 0.05) is 33.8 Å². The van der Waals surface area contributed by atoms with E-state index in [0.717, 1.165) is 46.3 Å². The summed E-state index contributed by atoms with van der Waals surface area (Å²) >= 11 is 5.09. The fourth-order valence-electron chi connectivity index (χ4n) is 3.92. The van der Waals surface area contributed by atoms with Crippen LogP contribution in [-0.4, -0.2) is 21.5 Å². The minimum atomic E-state index is -0.391. The molecule has 1 atom stereocenters. The first-order chi connectivity index (χ1) is 13.9. The SMILES string of the molecule is CC(C)CCSc1nc2c(c(=O)[nH]1)C(c1cccc(Br)c1)C1=C(CCCC1=O)N2. The predicted molar refractivity (Wildman–Crippen MR) is 121 cm³/mol. The van der Waals surface area contributed by atoms with Gasteiger partial charge in [-0.05, 0) is 42.9 Å². The van der Waals surface area contributed by atoms with Gasteiger partial charge in [-0.3, -0.25) is 9.59 Å². The van der Waals surface area contributed by atoms with E-state index >= 15 is 0 Å². The number of rotatable bonds is 5. The molecule has 2 aromatic rings. The summed E-state index contributed by atoms with van der Waals surface area (Å²) < 4.78 is 0.922. The van der Waals surface area contributed by atoms with Crippen LogP contribution in [0.3, 0.4) is 0 Å². The number of carbonyl (C=O) groups excluding carboxylic acids is 1.